The Kier molecular flexibility index (Phi) is 16.9. The van der Waals surface area contributed by atoms with Gasteiger partial charge in [0, 0.05) is 0 Å². The third kappa shape index (κ3) is 15.5. The van der Waals surface area contributed by atoms with E-state index < -0.39 is 0 Å². The first-order chi connectivity index (χ1) is 17.9. The molecule has 2 atom stereocenters. The topological polar surface area (TPSA) is 52.6 Å². The van der Waals surface area contributed by atoms with Crippen LogP contribution in [-0.2, 0) is 19.1 Å². The molecule has 0 radical (unpaired) electrons. The number of unbranched alkanes of at least 4 members (excludes halogenated alkanes) is 2. The number of hydrogen-bond acceptors (Lipinski definition) is 4. The highest BCUT2D eigenvalue weighted by atomic mass is 16.5. The zero-order valence-corrected chi connectivity index (χ0v) is 26.7. The van der Waals surface area contributed by atoms with Crippen LogP contribution in [0, 0.1) is 34.5 Å². The normalized spacial score (nSPS) is 20.1. The van der Waals surface area contributed by atoms with E-state index in [1.165, 1.54) is 64.2 Å². The van der Waals surface area contributed by atoms with Gasteiger partial charge in [0.05, 0.1) is 25.0 Å². The van der Waals surface area contributed by atoms with Crippen LogP contribution in [0.3, 0.4) is 0 Å². The molecule has 2 unspecified atom stereocenters. The number of carbonyl (C=O) groups excluding carboxylic acids is 2. The van der Waals surface area contributed by atoms with Gasteiger partial charge < -0.3 is 9.47 Å². The van der Waals surface area contributed by atoms with E-state index in [9.17, 15) is 9.59 Å². The van der Waals surface area contributed by atoms with Crippen molar-refractivity contribution in [2.75, 3.05) is 13.2 Å². The maximum atomic E-state index is 12.6. The van der Waals surface area contributed by atoms with Gasteiger partial charge in [-0.15, -0.1) is 0 Å². The van der Waals surface area contributed by atoms with Crippen LogP contribution in [0.1, 0.15) is 158 Å². The summed E-state index contributed by atoms with van der Waals surface area (Å²) < 4.78 is 11.4. The largest absolute Gasteiger partial charge is 0.465 e. The van der Waals surface area contributed by atoms with E-state index >= 15 is 0 Å². The average molecular weight is 537 g/mol. The summed E-state index contributed by atoms with van der Waals surface area (Å²) in [6, 6.07) is 0. The molecule has 4 nitrogen and oxygen atoms in total. The molecule has 1 aliphatic carbocycles. The summed E-state index contributed by atoms with van der Waals surface area (Å²) in [7, 11) is 0. The van der Waals surface area contributed by atoms with Crippen molar-refractivity contribution < 1.29 is 19.1 Å². The van der Waals surface area contributed by atoms with Crippen LogP contribution in [0.4, 0.5) is 0 Å². The SMILES string of the molecule is CCCCC(C)(C)CCCC(C)COC(=O)C1CCC(C(=O)OCC(C)CCCC(C)(C)CCCC)CC1. The third-order valence-electron chi connectivity index (χ3n) is 8.93. The summed E-state index contributed by atoms with van der Waals surface area (Å²) in [5, 5.41) is 0. The molecular formula is C34H64O4. The third-order valence-corrected chi connectivity index (χ3v) is 8.93. The first-order valence-electron chi connectivity index (χ1n) is 16.2. The fourth-order valence-corrected chi connectivity index (χ4v) is 5.83. The molecule has 1 saturated carbocycles. The first-order valence-corrected chi connectivity index (χ1v) is 16.2. The van der Waals surface area contributed by atoms with Crippen LogP contribution in [0.5, 0.6) is 0 Å². The Bertz CT molecular complexity index is 589. The maximum absolute atomic E-state index is 12.6. The average Bonchev–Trinajstić information content (AvgIpc) is 2.88. The summed E-state index contributed by atoms with van der Waals surface area (Å²) in [5.74, 6) is 0.543. The summed E-state index contributed by atoms with van der Waals surface area (Å²) in [4.78, 5) is 25.3. The van der Waals surface area contributed by atoms with Crippen molar-refractivity contribution in [1.82, 2.24) is 0 Å². The Morgan fingerprint density at radius 1 is 0.632 bits per heavy atom. The molecule has 0 bridgehead atoms. The predicted molar refractivity (Wildman–Crippen MR) is 160 cm³/mol. The van der Waals surface area contributed by atoms with E-state index in [0.717, 1.165) is 38.5 Å². The monoisotopic (exact) mass is 536 g/mol. The highest BCUT2D eigenvalue weighted by Crippen LogP contribution is 2.33. The Balaban J connectivity index is 2.21. The van der Waals surface area contributed by atoms with Gasteiger partial charge in [-0.2, -0.15) is 0 Å². The molecule has 4 heteroatoms. The van der Waals surface area contributed by atoms with Crippen LogP contribution in [-0.4, -0.2) is 25.2 Å². The standard InChI is InChI=1S/C34H64O4/c1-9-11-21-33(5,6)23-13-15-27(3)25-37-31(35)29-17-19-30(20-18-29)32(36)38-26-28(4)16-14-24-34(7,8)22-12-10-2/h27-30H,9-26H2,1-8H3. The molecular weight excluding hydrogens is 472 g/mol. The van der Waals surface area contributed by atoms with Crippen molar-refractivity contribution in [2.45, 2.75) is 158 Å². The number of esters is 2. The predicted octanol–water partition coefficient (Wildman–Crippen LogP) is 9.92. The van der Waals surface area contributed by atoms with E-state index in [0.29, 0.717) is 35.9 Å². The van der Waals surface area contributed by atoms with Gasteiger partial charge in [-0.25, -0.2) is 0 Å². The minimum Gasteiger partial charge on any atom is -0.465 e. The van der Waals surface area contributed by atoms with Gasteiger partial charge in [0.1, 0.15) is 0 Å². The highest BCUT2D eigenvalue weighted by molar-refractivity contribution is 5.75. The Hall–Kier alpha value is -1.06. The van der Waals surface area contributed by atoms with E-state index in [2.05, 4.69) is 55.4 Å². The molecule has 1 fully saturated rings. The van der Waals surface area contributed by atoms with Gasteiger partial charge in [0.25, 0.3) is 0 Å². The number of rotatable bonds is 20. The number of hydrogen-bond donors (Lipinski definition) is 0. The van der Waals surface area contributed by atoms with E-state index in [1.807, 2.05) is 0 Å². The highest BCUT2D eigenvalue weighted by Gasteiger charge is 2.32. The molecule has 0 aromatic rings. The molecule has 0 N–H and O–H groups in total. The lowest BCUT2D eigenvalue weighted by molar-refractivity contribution is -0.156. The quantitative estimate of drug-likeness (QED) is 0.145. The zero-order valence-electron chi connectivity index (χ0n) is 26.7. The molecule has 0 aromatic heterocycles. The van der Waals surface area contributed by atoms with Gasteiger partial charge in [0.2, 0.25) is 0 Å². The molecule has 0 heterocycles. The Morgan fingerprint density at radius 2 is 0.947 bits per heavy atom. The maximum Gasteiger partial charge on any atom is 0.308 e. The van der Waals surface area contributed by atoms with Crippen molar-refractivity contribution in [2.24, 2.45) is 34.5 Å². The minimum absolute atomic E-state index is 0.0609. The molecule has 0 amide bonds. The van der Waals surface area contributed by atoms with Crippen molar-refractivity contribution in [1.29, 1.82) is 0 Å². The van der Waals surface area contributed by atoms with Crippen LogP contribution in [0.2, 0.25) is 0 Å². The lowest BCUT2D eigenvalue weighted by Crippen LogP contribution is -2.29. The van der Waals surface area contributed by atoms with Crippen molar-refractivity contribution in [3.63, 3.8) is 0 Å². The molecule has 1 rings (SSSR count). The van der Waals surface area contributed by atoms with E-state index in [1.54, 1.807) is 0 Å². The molecule has 38 heavy (non-hydrogen) atoms. The summed E-state index contributed by atoms with van der Waals surface area (Å²) in [6.45, 7) is 19.4. The first kappa shape index (κ1) is 35.0. The fourth-order valence-electron chi connectivity index (χ4n) is 5.83. The fraction of sp³-hybridized carbons (Fsp3) is 0.941. The van der Waals surface area contributed by atoms with Gasteiger partial charge in [-0.05, 0) is 86.9 Å². The van der Waals surface area contributed by atoms with E-state index in [-0.39, 0.29) is 23.8 Å². The second-order valence-corrected chi connectivity index (χ2v) is 14.3. The van der Waals surface area contributed by atoms with Crippen LogP contribution < -0.4 is 0 Å². The van der Waals surface area contributed by atoms with Crippen molar-refractivity contribution in [3.8, 4) is 0 Å². The second-order valence-electron chi connectivity index (χ2n) is 14.3. The summed E-state index contributed by atoms with van der Waals surface area (Å²) >= 11 is 0. The lowest BCUT2D eigenvalue weighted by Gasteiger charge is -2.27. The van der Waals surface area contributed by atoms with Gasteiger partial charge in [-0.3, -0.25) is 9.59 Å². The van der Waals surface area contributed by atoms with Crippen molar-refractivity contribution in [3.05, 3.63) is 0 Å². The van der Waals surface area contributed by atoms with Crippen molar-refractivity contribution >= 4 is 11.9 Å². The Morgan fingerprint density at radius 3 is 1.26 bits per heavy atom. The van der Waals surface area contributed by atoms with Gasteiger partial charge >= 0.3 is 11.9 Å². The summed E-state index contributed by atoms with van der Waals surface area (Å²) in [6.07, 6.45) is 17.7. The molecule has 0 aliphatic heterocycles. The molecule has 0 aromatic carbocycles. The minimum atomic E-state index is -0.0672. The smallest absolute Gasteiger partial charge is 0.308 e. The Labute approximate surface area is 236 Å². The van der Waals surface area contributed by atoms with E-state index in [4.69, 9.17) is 9.47 Å². The second kappa shape index (κ2) is 18.3. The number of carbonyl (C=O) groups is 2. The molecule has 224 valence electrons. The van der Waals surface area contributed by atoms with Crippen LogP contribution in [0.15, 0.2) is 0 Å². The van der Waals surface area contributed by atoms with Gasteiger partial charge in [0.15, 0.2) is 0 Å². The molecule has 0 spiro atoms. The van der Waals surface area contributed by atoms with Crippen LogP contribution >= 0.6 is 0 Å². The summed E-state index contributed by atoms with van der Waals surface area (Å²) in [5.41, 5.74) is 0.824. The lowest BCUT2D eigenvalue weighted by atomic mass is 9.81. The molecule has 0 saturated heterocycles. The zero-order chi connectivity index (χ0) is 28.6. The molecule has 1 aliphatic rings. The van der Waals surface area contributed by atoms with Crippen LogP contribution in [0.25, 0.3) is 0 Å². The number of ether oxygens (including phenoxy) is 2. The van der Waals surface area contributed by atoms with Gasteiger partial charge in [-0.1, -0.05) is 93.9 Å².